The average molecular weight is 354 g/mol. The lowest BCUT2D eigenvalue weighted by atomic mass is 10.1. The molecule has 0 aliphatic carbocycles. The van der Waals surface area contributed by atoms with Crippen molar-refractivity contribution in [2.24, 2.45) is 5.92 Å². The first-order chi connectivity index (χ1) is 12.5. The van der Waals surface area contributed by atoms with Gasteiger partial charge in [-0.15, -0.1) is 0 Å². The number of carbonyl (C=O) groups is 1. The fourth-order valence-electron chi connectivity index (χ4n) is 3.17. The Hall–Kier alpha value is -2.63. The number of rotatable bonds is 4. The van der Waals surface area contributed by atoms with Crippen molar-refractivity contribution in [3.05, 3.63) is 42.2 Å². The van der Waals surface area contributed by atoms with Gasteiger partial charge in [-0.1, -0.05) is 32.0 Å². The quantitative estimate of drug-likeness (QED) is 0.843. The zero-order chi connectivity index (χ0) is 18.7. The molecule has 6 nitrogen and oxygen atoms in total. The molecule has 0 saturated carbocycles. The number of nitrogens with zero attached hydrogens (tertiary/aromatic N) is 4. The molecule has 0 N–H and O–H groups in total. The third-order valence-electron chi connectivity index (χ3n) is 4.66. The van der Waals surface area contributed by atoms with Gasteiger partial charge in [0.25, 0.3) is 0 Å². The number of aryl methyl sites for hydroxylation is 1. The van der Waals surface area contributed by atoms with Crippen LogP contribution in [0.1, 0.15) is 26.3 Å². The minimum atomic E-state index is 0.0252. The van der Waals surface area contributed by atoms with Gasteiger partial charge in [-0.2, -0.15) is 0 Å². The minimum absolute atomic E-state index is 0.0252. The number of hydrogen-bond acceptors (Lipinski definition) is 5. The first-order valence-corrected chi connectivity index (χ1v) is 9.06. The van der Waals surface area contributed by atoms with Gasteiger partial charge < -0.3 is 14.5 Å². The van der Waals surface area contributed by atoms with Crippen molar-refractivity contribution in [2.75, 3.05) is 24.5 Å². The molecule has 2 aromatic rings. The van der Waals surface area contributed by atoms with Crippen LogP contribution in [0.5, 0.6) is 11.6 Å². The molecule has 3 rings (SSSR count). The maximum atomic E-state index is 12.3. The molecule has 1 atom stereocenters. The summed E-state index contributed by atoms with van der Waals surface area (Å²) in [6.45, 7) is 10.2. The molecular formula is C20H26N4O2. The first kappa shape index (κ1) is 18.2. The Labute approximate surface area is 154 Å². The fourth-order valence-corrected chi connectivity index (χ4v) is 3.17. The molecule has 2 heterocycles. The van der Waals surface area contributed by atoms with E-state index >= 15 is 0 Å². The zero-order valence-corrected chi connectivity index (χ0v) is 15.8. The summed E-state index contributed by atoms with van der Waals surface area (Å²) in [4.78, 5) is 25.1. The van der Waals surface area contributed by atoms with Crippen molar-refractivity contribution in [3.63, 3.8) is 0 Å². The van der Waals surface area contributed by atoms with E-state index < -0.39 is 0 Å². The van der Waals surface area contributed by atoms with Gasteiger partial charge in [-0.05, 0) is 25.5 Å². The maximum absolute atomic E-state index is 12.3. The van der Waals surface area contributed by atoms with E-state index in [9.17, 15) is 4.79 Å². The third kappa shape index (κ3) is 3.95. The fraction of sp³-hybridized carbons (Fsp3) is 0.450. The highest BCUT2D eigenvalue weighted by Crippen LogP contribution is 2.26. The van der Waals surface area contributed by atoms with Crippen molar-refractivity contribution in [1.82, 2.24) is 14.9 Å². The van der Waals surface area contributed by atoms with Crippen LogP contribution in [0, 0.1) is 12.8 Å². The van der Waals surface area contributed by atoms with E-state index in [0.717, 1.165) is 30.2 Å². The Kier molecular flexibility index (Phi) is 5.40. The molecule has 26 heavy (non-hydrogen) atoms. The first-order valence-electron chi connectivity index (χ1n) is 9.06. The molecule has 1 aliphatic rings. The predicted octanol–water partition coefficient (Wildman–Crippen LogP) is 3.27. The molecule has 0 bridgehead atoms. The number of benzene rings is 1. The van der Waals surface area contributed by atoms with Crippen molar-refractivity contribution in [1.29, 1.82) is 0 Å². The highest BCUT2D eigenvalue weighted by molar-refractivity contribution is 5.78. The molecule has 6 heteroatoms. The highest BCUT2D eigenvalue weighted by Gasteiger charge is 2.29. The number of aromatic nitrogens is 2. The topological polar surface area (TPSA) is 58.6 Å². The largest absolute Gasteiger partial charge is 0.439 e. The molecule has 1 saturated heterocycles. The van der Waals surface area contributed by atoms with E-state index in [1.165, 1.54) is 6.33 Å². The van der Waals surface area contributed by atoms with Gasteiger partial charge in [0.15, 0.2) is 0 Å². The minimum Gasteiger partial charge on any atom is -0.439 e. The smallest absolute Gasteiger partial charge is 0.225 e. The Balaban J connectivity index is 1.71. The summed E-state index contributed by atoms with van der Waals surface area (Å²) in [6.07, 6.45) is 1.53. The van der Waals surface area contributed by atoms with E-state index in [2.05, 4.69) is 21.8 Å². The summed E-state index contributed by atoms with van der Waals surface area (Å²) in [5.41, 5.74) is 1.06. The standard InChI is InChI=1S/C20H26N4O2/c1-14(2)20(25)24-10-9-23(12-16(24)4)18-11-19(22-13-21-18)26-17-8-6-5-7-15(17)3/h5-8,11,13-14,16H,9-10,12H2,1-4H3/t16-/m1/s1. The van der Waals surface area contributed by atoms with Gasteiger partial charge >= 0.3 is 0 Å². The normalized spacial score (nSPS) is 17.5. The van der Waals surface area contributed by atoms with Crippen LogP contribution in [0.3, 0.4) is 0 Å². The summed E-state index contributed by atoms with van der Waals surface area (Å²) in [6, 6.07) is 9.86. The molecule has 1 aliphatic heterocycles. The Bertz CT molecular complexity index is 778. The lowest BCUT2D eigenvalue weighted by Gasteiger charge is -2.41. The number of hydrogen-bond donors (Lipinski definition) is 0. The molecule has 0 radical (unpaired) electrons. The van der Waals surface area contributed by atoms with Gasteiger partial charge in [0.2, 0.25) is 11.8 Å². The van der Waals surface area contributed by atoms with Crippen molar-refractivity contribution in [3.8, 4) is 11.6 Å². The number of anilines is 1. The Morgan fingerprint density at radius 2 is 2.00 bits per heavy atom. The van der Waals surface area contributed by atoms with Gasteiger partial charge in [0.1, 0.15) is 17.9 Å². The van der Waals surface area contributed by atoms with Crippen LogP contribution >= 0.6 is 0 Å². The van der Waals surface area contributed by atoms with Crippen LogP contribution in [0.25, 0.3) is 0 Å². The van der Waals surface area contributed by atoms with E-state index in [0.29, 0.717) is 12.4 Å². The molecule has 1 aromatic heterocycles. The molecule has 1 amide bonds. The molecular weight excluding hydrogens is 328 g/mol. The summed E-state index contributed by atoms with van der Waals surface area (Å²) in [7, 11) is 0. The molecule has 0 unspecified atom stereocenters. The van der Waals surface area contributed by atoms with Crippen LogP contribution in [-0.4, -0.2) is 46.5 Å². The van der Waals surface area contributed by atoms with E-state index in [1.807, 2.05) is 56.0 Å². The SMILES string of the molecule is Cc1ccccc1Oc1cc(N2CCN(C(=O)C(C)C)[C@H](C)C2)ncn1. The number of piperazine rings is 1. The second kappa shape index (κ2) is 7.72. The second-order valence-corrected chi connectivity index (χ2v) is 7.06. The summed E-state index contributed by atoms with van der Waals surface area (Å²) >= 11 is 0. The summed E-state index contributed by atoms with van der Waals surface area (Å²) < 4.78 is 5.92. The van der Waals surface area contributed by atoms with Crippen LogP contribution < -0.4 is 9.64 Å². The molecule has 1 fully saturated rings. The predicted molar refractivity (Wildman–Crippen MR) is 102 cm³/mol. The van der Waals surface area contributed by atoms with Crippen molar-refractivity contribution < 1.29 is 9.53 Å². The summed E-state index contributed by atoms with van der Waals surface area (Å²) in [5.74, 6) is 2.38. The van der Waals surface area contributed by atoms with Gasteiger partial charge in [-0.25, -0.2) is 9.97 Å². The number of amides is 1. The average Bonchev–Trinajstić information content (AvgIpc) is 2.63. The Morgan fingerprint density at radius 3 is 2.69 bits per heavy atom. The van der Waals surface area contributed by atoms with Crippen molar-refractivity contribution >= 4 is 11.7 Å². The van der Waals surface area contributed by atoms with E-state index in [-0.39, 0.29) is 17.9 Å². The lowest BCUT2D eigenvalue weighted by Crippen LogP contribution is -2.55. The van der Waals surface area contributed by atoms with Crippen LogP contribution in [0.15, 0.2) is 36.7 Å². The zero-order valence-electron chi connectivity index (χ0n) is 15.8. The number of carbonyl (C=O) groups excluding carboxylic acids is 1. The highest BCUT2D eigenvalue weighted by atomic mass is 16.5. The van der Waals surface area contributed by atoms with Crippen LogP contribution in [0.2, 0.25) is 0 Å². The lowest BCUT2D eigenvalue weighted by molar-refractivity contribution is -0.136. The monoisotopic (exact) mass is 354 g/mol. The van der Waals surface area contributed by atoms with Gasteiger partial charge in [0, 0.05) is 37.7 Å². The molecule has 1 aromatic carbocycles. The van der Waals surface area contributed by atoms with Gasteiger partial charge in [0.05, 0.1) is 0 Å². The summed E-state index contributed by atoms with van der Waals surface area (Å²) in [5, 5.41) is 0. The number of ether oxygens (including phenoxy) is 1. The Morgan fingerprint density at radius 1 is 1.23 bits per heavy atom. The number of para-hydroxylation sites is 1. The molecule has 0 spiro atoms. The second-order valence-electron chi connectivity index (χ2n) is 7.06. The van der Waals surface area contributed by atoms with Gasteiger partial charge in [-0.3, -0.25) is 4.79 Å². The van der Waals surface area contributed by atoms with E-state index in [4.69, 9.17) is 4.74 Å². The third-order valence-corrected chi connectivity index (χ3v) is 4.66. The van der Waals surface area contributed by atoms with Crippen molar-refractivity contribution in [2.45, 2.75) is 33.7 Å². The molecule has 138 valence electrons. The van der Waals surface area contributed by atoms with E-state index in [1.54, 1.807) is 0 Å². The van der Waals surface area contributed by atoms with Crippen LogP contribution in [0.4, 0.5) is 5.82 Å². The van der Waals surface area contributed by atoms with Crippen LogP contribution in [-0.2, 0) is 4.79 Å². The maximum Gasteiger partial charge on any atom is 0.225 e.